The zero-order chi connectivity index (χ0) is 16.0. The van der Waals surface area contributed by atoms with Crippen LogP contribution in [0, 0.1) is 5.92 Å². The summed E-state index contributed by atoms with van der Waals surface area (Å²) in [7, 11) is 0. The number of anilines is 1. The molecule has 0 bridgehead atoms. The maximum Gasteiger partial charge on any atom is 0.318 e. The predicted molar refractivity (Wildman–Crippen MR) is 83.0 cm³/mol. The molecule has 114 valence electrons. The molecule has 4 amide bonds. The van der Waals surface area contributed by atoms with Crippen molar-refractivity contribution in [1.82, 2.24) is 5.32 Å². The normalized spacial score (nSPS) is 11.8. The summed E-state index contributed by atoms with van der Waals surface area (Å²) in [5.41, 5.74) is 5.66. The number of carbonyl (C=O) groups is 3. The number of nitrogens with two attached hydrogens (primary N) is 1. The van der Waals surface area contributed by atoms with Crippen molar-refractivity contribution in [2.75, 3.05) is 5.32 Å². The average molecular weight is 309 g/mol. The fraction of sp³-hybridized carbons (Fsp3) is 0.357. The number of rotatable bonds is 5. The quantitative estimate of drug-likeness (QED) is 0.724. The van der Waals surface area contributed by atoms with Crippen molar-refractivity contribution in [2.24, 2.45) is 11.7 Å². The number of benzene rings is 1. The fourth-order valence-electron chi connectivity index (χ4n) is 1.65. The lowest BCUT2D eigenvalue weighted by molar-refractivity contribution is -0.120. The van der Waals surface area contributed by atoms with Gasteiger partial charge in [0.15, 0.2) is 0 Å². The Morgan fingerprint density at radius 1 is 1.14 bits per heavy atom. The van der Waals surface area contributed by atoms with E-state index < -0.39 is 17.2 Å². The number of hydrogen-bond donors (Lipinski definition) is 3. The van der Waals surface area contributed by atoms with Crippen LogP contribution in [0.4, 0.5) is 10.5 Å². The predicted octanol–water partition coefficient (Wildman–Crippen LogP) is 1.96. The van der Waals surface area contributed by atoms with E-state index in [0.717, 1.165) is 4.90 Å². The van der Waals surface area contributed by atoms with Crippen molar-refractivity contribution >= 4 is 35.3 Å². The van der Waals surface area contributed by atoms with E-state index in [1.165, 1.54) is 18.7 Å². The number of nitrogens with one attached hydrogen (secondary N) is 2. The highest BCUT2D eigenvalue weighted by Gasteiger charge is 2.24. The van der Waals surface area contributed by atoms with Crippen molar-refractivity contribution in [1.29, 1.82) is 0 Å². The maximum atomic E-state index is 11.9. The molecule has 0 saturated heterocycles. The van der Waals surface area contributed by atoms with E-state index in [4.69, 9.17) is 5.73 Å². The largest absolute Gasteiger partial charge is 0.351 e. The van der Waals surface area contributed by atoms with Crippen molar-refractivity contribution in [2.45, 2.75) is 30.9 Å². The monoisotopic (exact) mass is 309 g/mol. The molecule has 4 N–H and O–H groups in total. The van der Waals surface area contributed by atoms with Gasteiger partial charge in [0.25, 0.3) is 0 Å². The van der Waals surface area contributed by atoms with Crippen LogP contribution in [0.1, 0.15) is 20.8 Å². The number of amides is 4. The summed E-state index contributed by atoms with van der Waals surface area (Å²) in [6.45, 7) is 5.22. The molecule has 1 rings (SSSR count). The number of primary amides is 1. The summed E-state index contributed by atoms with van der Waals surface area (Å²) in [5, 5.41) is 4.35. The van der Waals surface area contributed by atoms with E-state index in [2.05, 4.69) is 10.6 Å². The molecule has 0 heterocycles. The van der Waals surface area contributed by atoms with Crippen LogP contribution in [0.3, 0.4) is 0 Å². The van der Waals surface area contributed by atoms with E-state index in [1.807, 2.05) is 26.0 Å². The Labute approximate surface area is 127 Å². The van der Waals surface area contributed by atoms with E-state index in [0.29, 0.717) is 5.69 Å². The van der Waals surface area contributed by atoms with Gasteiger partial charge in [0.05, 0.1) is 5.25 Å². The Morgan fingerprint density at radius 3 is 2.14 bits per heavy atom. The van der Waals surface area contributed by atoms with Gasteiger partial charge < -0.3 is 11.1 Å². The van der Waals surface area contributed by atoms with Gasteiger partial charge in [-0.25, -0.2) is 4.79 Å². The summed E-state index contributed by atoms with van der Waals surface area (Å²) >= 11 is 1.34. The van der Waals surface area contributed by atoms with Crippen LogP contribution in [-0.2, 0) is 9.59 Å². The molecule has 1 aromatic rings. The molecule has 0 saturated carbocycles. The first-order valence-electron chi connectivity index (χ1n) is 6.44. The first-order valence-corrected chi connectivity index (χ1v) is 7.32. The third-order valence-corrected chi connectivity index (χ3v) is 4.10. The number of hydrogen-bond acceptors (Lipinski definition) is 4. The molecule has 0 radical (unpaired) electrons. The molecule has 0 aliphatic rings. The summed E-state index contributed by atoms with van der Waals surface area (Å²) in [4.78, 5) is 34.5. The van der Waals surface area contributed by atoms with Gasteiger partial charge in [-0.05, 0) is 30.2 Å². The molecule has 0 unspecified atom stereocenters. The van der Waals surface area contributed by atoms with Gasteiger partial charge in [-0.1, -0.05) is 13.8 Å². The van der Waals surface area contributed by atoms with E-state index >= 15 is 0 Å². The van der Waals surface area contributed by atoms with Gasteiger partial charge in [0, 0.05) is 17.5 Å². The van der Waals surface area contributed by atoms with Crippen LogP contribution in [0.15, 0.2) is 29.2 Å². The fourth-order valence-corrected chi connectivity index (χ4v) is 2.68. The van der Waals surface area contributed by atoms with Gasteiger partial charge >= 0.3 is 6.03 Å². The number of thioether (sulfide) groups is 1. The third-order valence-electron chi connectivity index (χ3n) is 2.55. The summed E-state index contributed by atoms with van der Waals surface area (Å²) < 4.78 is 0. The smallest absolute Gasteiger partial charge is 0.318 e. The summed E-state index contributed by atoms with van der Waals surface area (Å²) in [6.07, 6.45) is 0. The molecular weight excluding hydrogens is 290 g/mol. The minimum Gasteiger partial charge on any atom is -0.351 e. The van der Waals surface area contributed by atoms with Crippen molar-refractivity contribution in [3.8, 4) is 0 Å². The molecule has 6 nitrogen and oxygen atoms in total. The standard InChI is InChI=1S/C14H19N3O3S/c1-8(2)12(13(19)17-14(15)20)21-11-6-4-10(5-7-11)16-9(3)18/h4-8,12H,1-3H3,(H,16,18)(H3,15,17,19,20)/t12-/m1/s1. The zero-order valence-electron chi connectivity index (χ0n) is 12.2. The topological polar surface area (TPSA) is 101 Å². The highest BCUT2D eigenvalue weighted by molar-refractivity contribution is 8.00. The number of urea groups is 1. The molecule has 0 aromatic heterocycles. The lowest BCUT2D eigenvalue weighted by Gasteiger charge is -2.18. The van der Waals surface area contributed by atoms with Crippen molar-refractivity contribution < 1.29 is 14.4 Å². The Balaban J connectivity index is 2.77. The second-order valence-corrected chi connectivity index (χ2v) is 6.06. The van der Waals surface area contributed by atoms with Crippen molar-refractivity contribution in [3.63, 3.8) is 0 Å². The molecule has 0 fully saturated rings. The van der Waals surface area contributed by atoms with Gasteiger partial charge in [0.1, 0.15) is 0 Å². The van der Waals surface area contributed by atoms with Gasteiger partial charge in [-0.15, -0.1) is 11.8 Å². The highest BCUT2D eigenvalue weighted by Crippen LogP contribution is 2.29. The van der Waals surface area contributed by atoms with E-state index in [1.54, 1.807) is 12.1 Å². The Morgan fingerprint density at radius 2 is 1.71 bits per heavy atom. The lowest BCUT2D eigenvalue weighted by Crippen LogP contribution is -2.42. The Kier molecular flexibility index (Phi) is 6.23. The van der Waals surface area contributed by atoms with Gasteiger partial charge in [0.2, 0.25) is 11.8 Å². The number of imide groups is 1. The van der Waals surface area contributed by atoms with E-state index in [-0.39, 0.29) is 11.8 Å². The molecule has 0 aliphatic heterocycles. The molecule has 1 aromatic carbocycles. The second-order valence-electron chi connectivity index (χ2n) is 4.84. The SMILES string of the molecule is CC(=O)Nc1ccc(S[C@@H](C(=O)NC(N)=O)C(C)C)cc1. The minimum absolute atomic E-state index is 0.0318. The van der Waals surface area contributed by atoms with Gasteiger partial charge in [-0.2, -0.15) is 0 Å². The molecule has 1 atom stereocenters. The van der Waals surface area contributed by atoms with Gasteiger partial charge in [-0.3, -0.25) is 14.9 Å². The van der Waals surface area contributed by atoms with Crippen LogP contribution in [0.5, 0.6) is 0 Å². The lowest BCUT2D eigenvalue weighted by atomic mass is 10.1. The van der Waals surface area contributed by atoms with Crippen LogP contribution in [0.25, 0.3) is 0 Å². The summed E-state index contributed by atoms with van der Waals surface area (Å²) in [5.74, 6) is -0.519. The van der Waals surface area contributed by atoms with Crippen LogP contribution < -0.4 is 16.4 Å². The second kappa shape index (κ2) is 7.68. The van der Waals surface area contributed by atoms with Crippen LogP contribution >= 0.6 is 11.8 Å². The van der Waals surface area contributed by atoms with Crippen molar-refractivity contribution in [3.05, 3.63) is 24.3 Å². The van der Waals surface area contributed by atoms with Crippen LogP contribution in [0.2, 0.25) is 0 Å². The Bertz CT molecular complexity index is 529. The van der Waals surface area contributed by atoms with E-state index in [9.17, 15) is 14.4 Å². The summed E-state index contributed by atoms with van der Waals surface area (Å²) in [6, 6.07) is 6.28. The minimum atomic E-state index is -0.854. The maximum absolute atomic E-state index is 11.9. The highest BCUT2D eigenvalue weighted by atomic mass is 32.2. The first kappa shape index (κ1) is 17.0. The van der Waals surface area contributed by atoms with Crippen LogP contribution in [-0.4, -0.2) is 23.1 Å². The molecule has 0 spiro atoms. The first-order chi connectivity index (χ1) is 9.79. The molecular formula is C14H19N3O3S. The molecule has 21 heavy (non-hydrogen) atoms. The molecule has 0 aliphatic carbocycles. The average Bonchev–Trinajstić information content (AvgIpc) is 2.35. The zero-order valence-corrected chi connectivity index (χ0v) is 13.0. The third kappa shape index (κ3) is 5.86. The Hall–Kier alpha value is -2.02. The molecule has 7 heteroatoms. The number of carbonyl (C=O) groups excluding carboxylic acids is 3.